The first kappa shape index (κ1) is 23.2. The number of nitrogens with one attached hydrogen (secondary N) is 1. The fourth-order valence-electron chi connectivity index (χ4n) is 2.51. The molecule has 0 spiro atoms. The summed E-state index contributed by atoms with van der Waals surface area (Å²) < 4.78 is 5.58. The molecule has 0 aromatic heterocycles. The Labute approximate surface area is 169 Å². The number of rotatable bonds is 10. The smallest absolute Gasteiger partial charge is 0.251 e. The van der Waals surface area contributed by atoms with Crippen molar-refractivity contribution in [3.63, 3.8) is 0 Å². The molecule has 0 heterocycles. The van der Waals surface area contributed by atoms with Crippen LogP contribution in [-0.2, 0) is 11.3 Å². The van der Waals surface area contributed by atoms with Gasteiger partial charge in [0.1, 0.15) is 5.75 Å². The third-order valence-corrected chi connectivity index (χ3v) is 4.03. The molecule has 0 saturated carbocycles. The maximum atomic E-state index is 12.7. The van der Waals surface area contributed by atoms with Crippen molar-refractivity contribution in [3.05, 3.63) is 77.4 Å². The minimum atomic E-state index is -0.170. The number of hydrogen-bond acceptors (Lipinski definition) is 3. The number of ether oxygens (including phenoxy) is 1. The Balaban J connectivity index is 2.89. The molecule has 0 fully saturated rings. The first-order chi connectivity index (χ1) is 13.5. The lowest BCUT2D eigenvalue weighted by atomic mass is 10.0. The van der Waals surface area contributed by atoms with Crippen molar-refractivity contribution in [2.45, 2.75) is 40.7 Å². The molecular weight excluding hydrogens is 348 g/mol. The number of allylic oxidation sites excluding steroid dienone is 5. The third kappa shape index (κ3) is 7.39. The Morgan fingerprint density at radius 2 is 1.93 bits per heavy atom. The summed E-state index contributed by atoms with van der Waals surface area (Å²) in [5, 5.41) is 2.96. The van der Waals surface area contributed by atoms with Crippen molar-refractivity contribution < 1.29 is 9.53 Å². The number of benzene rings is 1. The van der Waals surface area contributed by atoms with Gasteiger partial charge in [0.15, 0.2) is 0 Å². The van der Waals surface area contributed by atoms with E-state index in [0.717, 1.165) is 29.0 Å². The molecule has 4 heteroatoms. The van der Waals surface area contributed by atoms with Crippen LogP contribution in [0.25, 0.3) is 0 Å². The first-order valence-corrected chi connectivity index (χ1v) is 9.60. The van der Waals surface area contributed by atoms with Crippen LogP contribution in [0, 0.1) is 0 Å². The van der Waals surface area contributed by atoms with Crippen molar-refractivity contribution in [3.8, 4) is 5.75 Å². The van der Waals surface area contributed by atoms with Gasteiger partial charge in [0.05, 0.1) is 12.3 Å². The summed E-state index contributed by atoms with van der Waals surface area (Å²) in [4.78, 5) is 17.0. The highest BCUT2D eigenvalue weighted by Crippen LogP contribution is 2.14. The monoisotopic (exact) mass is 380 g/mol. The van der Waals surface area contributed by atoms with Crippen LogP contribution >= 0.6 is 0 Å². The standard InChI is InChI=1S/C24H32N2O2/c1-7-10-20(9-3)23(25-6)16-22(18(4)5)24(27)26-17-19-11-13-21(14-12-19)28-15-8-2/h7,9-14,16H,4,8,15,17H2,1-3,5-6H3,(H,26,27)/b10-7-,20-9+,22-16+,25-23?. The summed E-state index contributed by atoms with van der Waals surface area (Å²) in [7, 11) is 1.72. The zero-order chi connectivity index (χ0) is 20.9. The van der Waals surface area contributed by atoms with Crippen molar-refractivity contribution in [1.82, 2.24) is 5.32 Å². The van der Waals surface area contributed by atoms with Crippen molar-refractivity contribution in [2.75, 3.05) is 13.7 Å². The molecule has 0 bridgehead atoms. The molecule has 1 N–H and O–H groups in total. The van der Waals surface area contributed by atoms with E-state index >= 15 is 0 Å². The average Bonchev–Trinajstić information content (AvgIpc) is 2.70. The van der Waals surface area contributed by atoms with Gasteiger partial charge >= 0.3 is 0 Å². The minimum absolute atomic E-state index is 0.170. The topological polar surface area (TPSA) is 50.7 Å². The fourth-order valence-corrected chi connectivity index (χ4v) is 2.51. The van der Waals surface area contributed by atoms with E-state index in [2.05, 4.69) is 23.8 Å². The van der Waals surface area contributed by atoms with Gasteiger partial charge in [-0.05, 0) is 62.1 Å². The van der Waals surface area contributed by atoms with E-state index in [1.165, 1.54) is 0 Å². The third-order valence-electron chi connectivity index (χ3n) is 4.03. The second-order valence-electron chi connectivity index (χ2n) is 6.37. The van der Waals surface area contributed by atoms with Gasteiger partial charge in [-0.25, -0.2) is 0 Å². The molecule has 1 amide bonds. The largest absolute Gasteiger partial charge is 0.494 e. The molecule has 150 valence electrons. The summed E-state index contributed by atoms with van der Waals surface area (Å²) in [6, 6.07) is 7.75. The van der Waals surface area contributed by atoms with E-state index in [9.17, 15) is 4.79 Å². The number of aliphatic imine (C=N–C) groups is 1. The lowest BCUT2D eigenvalue weighted by Gasteiger charge is -2.11. The summed E-state index contributed by atoms with van der Waals surface area (Å²) in [6.45, 7) is 12.9. The molecule has 0 aliphatic rings. The van der Waals surface area contributed by atoms with Crippen LogP contribution in [-0.4, -0.2) is 25.3 Å². The van der Waals surface area contributed by atoms with E-state index in [1.807, 2.05) is 63.3 Å². The lowest BCUT2D eigenvalue weighted by molar-refractivity contribution is -0.117. The minimum Gasteiger partial charge on any atom is -0.494 e. The van der Waals surface area contributed by atoms with Gasteiger partial charge in [-0.1, -0.05) is 43.9 Å². The predicted octanol–water partition coefficient (Wildman–Crippen LogP) is 5.19. The SMILES string of the molecule is C=C(C)/C(=C\C(=NC)C(/C=C\C)=C/C)C(=O)NCc1ccc(OCCC)cc1. The molecule has 0 unspecified atom stereocenters. The van der Waals surface area contributed by atoms with Gasteiger partial charge < -0.3 is 10.1 Å². The summed E-state index contributed by atoms with van der Waals surface area (Å²) >= 11 is 0. The first-order valence-electron chi connectivity index (χ1n) is 9.60. The van der Waals surface area contributed by atoms with Crippen LogP contribution in [0.5, 0.6) is 5.75 Å². The number of carbonyl (C=O) groups is 1. The highest BCUT2D eigenvalue weighted by Gasteiger charge is 2.12. The van der Waals surface area contributed by atoms with Crippen LogP contribution in [0.3, 0.4) is 0 Å². The Bertz CT molecular complexity index is 781. The Morgan fingerprint density at radius 1 is 1.25 bits per heavy atom. The number of hydrogen-bond donors (Lipinski definition) is 1. The van der Waals surface area contributed by atoms with E-state index in [0.29, 0.717) is 24.3 Å². The molecule has 1 rings (SSSR count). The molecule has 28 heavy (non-hydrogen) atoms. The molecule has 4 nitrogen and oxygen atoms in total. The second-order valence-corrected chi connectivity index (χ2v) is 6.37. The molecule has 1 aromatic rings. The van der Waals surface area contributed by atoms with Gasteiger partial charge in [-0.2, -0.15) is 0 Å². The van der Waals surface area contributed by atoms with Crippen LogP contribution in [0.1, 0.15) is 39.7 Å². The number of amides is 1. The molecule has 1 aromatic carbocycles. The molecule has 0 radical (unpaired) electrons. The average molecular weight is 381 g/mol. The molecule has 0 aliphatic heterocycles. The van der Waals surface area contributed by atoms with Crippen LogP contribution in [0.4, 0.5) is 0 Å². The van der Waals surface area contributed by atoms with Gasteiger partial charge in [0.2, 0.25) is 0 Å². The zero-order valence-corrected chi connectivity index (χ0v) is 17.7. The summed E-state index contributed by atoms with van der Waals surface area (Å²) in [6.07, 6.45) is 8.64. The van der Waals surface area contributed by atoms with E-state index in [-0.39, 0.29) is 5.91 Å². The highest BCUT2D eigenvalue weighted by molar-refractivity contribution is 6.15. The maximum absolute atomic E-state index is 12.7. The summed E-state index contributed by atoms with van der Waals surface area (Å²) in [5.41, 5.74) is 3.92. The Hall–Kier alpha value is -2.88. The lowest BCUT2D eigenvalue weighted by Crippen LogP contribution is -2.25. The maximum Gasteiger partial charge on any atom is 0.251 e. The quantitative estimate of drug-likeness (QED) is 0.345. The molecular formula is C24H32N2O2. The van der Waals surface area contributed by atoms with Crippen LogP contribution in [0.2, 0.25) is 0 Å². The van der Waals surface area contributed by atoms with Crippen LogP contribution < -0.4 is 10.1 Å². The summed E-state index contributed by atoms with van der Waals surface area (Å²) in [5.74, 6) is 0.669. The predicted molar refractivity (Wildman–Crippen MR) is 119 cm³/mol. The van der Waals surface area contributed by atoms with E-state index in [1.54, 1.807) is 13.1 Å². The van der Waals surface area contributed by atoms with Crippen LogP contribution in [0.15, 0.2) is 76.9 Å². The number of carbonyl (C=O) groups excluding carboxylic acids is 1. The Kier molecular flexibility index (Phi) is 10.3. The van der Waals surface area contributed by atoms with Gasteiger partial charge in [-0.3, -0.25) is 9.79 Å². The van der Waals surface area contributed by atoms with E-state index in [4.69, 9.17) is 4.74 Å². The molecule has 0 atom stereocenters. The second kappa shape index (κ2) is 12.5. The fraction of sp³-hybridized carbons (Fsp3) is 0.333. The van der Waals surface area contributed by atoms with Gasteiger partial charge in [-0.15, -0.1) is 0 Å². The Morgan fingerprint density at radius 3 is 2.43 bits per heavy atom. The van der Waals surface area contributed by atoms with Crippen molar-refractivity contribution in [1.29, 1.82) is 0 Å². The zero-order valence-electron chi connectivity index (χ0n) is 17.7. The molecule has 0 aliphatic carbocycles. The number of nitrogens with zero attached hydrogens (tertiary/aromatic N) is 1. The highest BCUT2D eigenvalue weighted by atomic mass is 16.5. The van der Waals surface area contributed by atoms with Crippen molar-refractivity contribution >= 4 is 11.6 Å². The van der Waals surface area contributed by atoms with E-state index < -0.39 is 0 Å². The van der Waals surface area contributed by atoms with Gasteiger partial charge in [0.25, 0.3) is 5.91 Å². The molecule has 0 saturated heterocycles. The normalized spacial score (nSPS) is 13.0. The van der Waals surface area contributed by atoms with Crippen molar-refractivity contribution in [2.24, 2.45) is 4.99 Å². The van der Waals surface area contributed by atoms with Gasteiger partial charge in [0, 0.05) is 19.2 Å².